The molecule has 0 bridgehead atoms. The molecular formula is C23H35N3O4. The zero-order chi connectivity index (χ0) is 21.8. The van der Waals surface area contributed by atoms with Crippen molar-refractivity contribution in [2.24, 2.45) is 23.7 Å². The molecule has 3 rings (SSSR count). The number of urea groups is 1. The molecule has 0 aromatic heterocycles. The number of hydrogen-bond donors (Lipinski definition) is 3. The topological polar surface area (TPSA) is 90.9 Å². The number of fused-ring (bicyclic) bond motifs is 1. The third-order valence-electron chi connectivity index (χ3n) is 6.82. The van der Waals surface area contributed by atoms with Gasteiger partial charge in [0.15, 0.2) is 0 Å². The van der Waals surface area contributed by atoms with Gasteiger partial charge in [-0.15, -0.1) is 0 Å². The molecule has 3 N–H and O–H groups in total. The Labute approximate surface area is 179 Å². The molecule has 1 saturated heterocycles. The first-order valence-electron chi connectivity index (χ1n) is 11.0. The quantitative estimate of drug-likeness (QED) is 0.663. The number of methoxy groups -OCH3 is 1. The fourth-order valence-electron chi connectivity index (χ4n) is 5.31. The van der Waals surface area contributed by atoms with Gasteiger partial charge in [-0.2, -0.15) is 0 Å². The number of anilines is 1. The van der Waals surface area contributed by atoms with Crippen molar-refractivity contribution in [1.29, 1.82) is 0 Å². The summed E-state index contributed by atoms with van der Waals surface area (Å²) in [5.41, 5.74) is 0.638. The van der Waals surface area contributed by atoms with Crippen LogP contribution in [0.1, 0.15) is 40.0 Å². The van der Waals surface area contributed by atoms with Gasteiger partial charge in [0.25, 0.3) is 0 Å². The number of carbonyl (C=O) groups is 2. The first-order chi connectivity index (χ1) is 14.3. The Hall–Kier alpha value is -2.28. The summed E-state index contributed by atoms with van der Waals surface area (Å²) in [5.74, 6) is 2.01. The number of nitrogens with one attached hydrogen (secondary N) is 2. The second-order valence-corrected chi connectivity index (χ2v) is 9.01. The van der Waals surface area contributed by atoms with E-state index in [-0.39, 0.29) is 43.1 Å². The van der Waals surface area contributed by atoms with Gasteiger partial charge in [0.1, 0.15) is 5.75 Å². The molecule has 1 aliphatic heterocycles. The van der Waals surface area contributed by atoms with E-state index in [2.05, 4.69) is 24.5 Å². The molecule has 3 amide bonds. The molecule has 0 spiro atoms. The molecule has 1 aliphatic carbocycles. The second-order valence-electron chi connectivity index (χ2n) is 9.01. The minimum atomic E-state index is -0.318. The van der Waals surface area contributed by atoms with Crippen LogP contribution in [-0.2, 0) is 4.79 Å². The van der Waals surface area contributed by atoms with Gasteiger partial charge in [0.2, 0.25) is 5.91 Å². The van der Waals surface area contributed by atoms with Crippen LogP contribution in [0.15, 0.2) is 24.3 Å². The van der Waals surface area contributed by atoms with Crippen molar-refractivity contribution in [2.45, 2.75) is 52.1 Å². The molecule has 0 radical (unpaired) electrons. The molecule has 1 saturated carbocycles. The number of aliphatic hydroxyl groups is 1. The summed E-state index contributed by atoms with van der Waals surface area (Å²) in [6.07, 6.45) is 3.03. The SMILES string of the molecule is COc1ccc(NC(=O)N(CCO)C(C)C2CC3CC(C)CC(C)C3NC2=O)cc1. The van der Waals surface area contributed by atoms with Gasteiger partial charge >= 0.3 is 6.03 Å². The molecule has 30 heavy (non-hydrogen) atoms. The van der Waals surface area contributed by atoms with Gasteiger partial charge in [-0.1, -0.05) is 13.8 Å². The highest BCUT2D eigenvalue weighted by molar-refractivity contribution is 5.90. The number of rotatable bonds is 6. The molecule has 6 atom stereocenters. The number of benzene rings is 1. The van der Waals surface area contributed by atoms with Gasteiger partial charge in [0, 0.05) is 24.3 Å². The van der Waals surface area contributed by atoms with Crippen molar-refractivity contribution in [3.63, 3.8) is 0 Å². The fourth-order valence-corrected chi connectivity index (χ4v) is 5.31. The van der Waals surface area contributed by atoms with E-state index < -0.39 is 0 Å². The monoisotopic (exact) mass is 417 g/mol. The largest absolute Gasteiger partial charge is 0.497 e. The lowest BCUT2D eigenvalue weighted by Gasteiger charge is -2.47. The van der Waals surface area contributed by atoms with E-state index in [1.807, 2.05) is 6.92 Å². The number of carbonyl (C=O) groups excluding carboxylic acids is 2. The Morgan fingerprint density at radius 2 is 1.97 bits per heavy atom. The maximum absolute atomic E-state index is 13.0. The summed E-state index contributed by atoms with van der Waals surface area (Å²) < 4.78 is 5.15. The Kier molecular flexibility index (Phi) is 7.23. The van der Waals surface area contributed by atoms with Crippen molar-refractivity contribution in [1.82, 2.24) is 10.2 Å². The molecule has 166 valence electrons. The van der Waals surface area contributed by atoms with E-state index >= 15 is 0 Å². The van der Waals surface area contributed by atoms with E-state index in [1.54, 1.807) is 36.3 Å². The highest BCUT2D eigenvalue weighted by atomic mass is 16.5. The summed E-state index contributed by atoms with van der Waals surface area (Å²) >= 11 is 0. The molecule has 2 fully saturated rings. The molecule has 7 nitrogen and oxygen atoms in total. The number of piperidine rings is 1. The highest BCUT2D eigenvalue weighted by Gasteiger charge is 2.44. The van der Waals surface area contributed by atoms with Gasteiger partial charge in [0.05, 0.1) is 19.6 Å². The maximum Gasteiger partial charge on any atom is 0.322 e. The van der Waals surface area contributed by atoms with Crippen LogP contribution in [0.25, 0.3) is 0 Å². The Morgan fingerprint density at radius 3 is 2.60 bits per heavy atom. The average Bonchev–Trinajstić information content (AvgIpc) is 2.72. The van der Waals surface area contributed by atoms with Gasteiger partial charge in [-0.05, 0) is 68.2 Å². The van der Waals surface area contributed by atoms with Crippen molar-refractivity contribution >= 4 is 17.6 Å². The molecule has 2 aliphatic rings. The first-order valence-corrected chi connectivity index (χ1v) is 11.0. The highest BCUT2D eigenvalue weighted by Crippen LogP contribution is 2.40. The number of nitrogens with zero attached hydrogens (tertiary/aromatic N) is 1. The van der Waals surface area contributed by atoms with Gasteiger partial charge < -0.3 is 25.4 Å². The Balaban J connectivity index is 1.71. The third-order valence-corrected chi connectivity index (χ3v) is 6.82. The van der Waals surface area contributed by atoms with Gasteiger partial charge in [-0.25, -0.2) is 4.79 Å². The third kappa shape index (κ3) is 4.89. The van der Waals surface area contributed by atoms with Crippen molar-refractivity contribution in [2.75, 3.05) is 25.6 Å². The molecule has 1 aromatic rings. The van der Waals surface area contributed by atoms with Crippen LogP contribution < -0.4 is 15.4 Å². The second kappa shape index (κ2) is 9.69. The van der Waals surface area contributed by atoms with E-state index in [0.717, 1.165) is 19.3 Å². The summed E-state index contributed by atoms with van der Waals surface area (Å²) in [6.45, 7) is 6.42. The zero-order valence-corrected chi connectivity index (χ0v) is 18.4. The molecule has 1 aromatic carbocycles. The normalized spacial score (nSPS) is 29.4. The fraction of sp³-hybridized carbons (Fsp3) is 0.652. The summed E-state index contributed by atoms with van der Waals surface area (Å²) in [5, 5.41) is 15.7. The Bertz CT molecular complexity index is 738. The smallest absolute Gasteiger partial charge is 0.322 e. The van der Waals surface area contributed by atoms with E-state index in [9.17, 15) is 14.7 Å². The minimum Gasteiger partial charge on any atom is -0.497 e. The number of hydrogen-bond acceptors (Lipinski definition) is 4. The lowest BCUT2D eigenvalue weighted by molar-refractivity contribution is -0.133. The van der Waals surface area contributed by atoms with Crippen LogP contribution in [0.5, 0.6) is 5.75 Å². The van der Waals surface area contributed by atoms with Crippen LogP contribution in [0.2, 0.25) is 0 Å². The van der Waals surface area contributed by atoms with Crippen molar-refractivity contribution in [3.8, 4) is 5.75 Å². The van der Waals surface area contributed by atoms with E-state index in [0.29, 0.717) is 29.2 Å². The van der Waals surface area contributed by atoms with Crippen LogP contribution in [0.4, 0.5) is 10.5 Å². The van der Waals surface area contributed by atoms with Crippen LogP contribution in [-0.4, -0.2) is 54.3 Å². The zero-order valence-electron chi connectivity index (χ0n) is 18.4. The lowest BCUT2D eigenvalue weighted by atomic mass is 9.67. The summed E-state index contributed by atoms with van der Waals surface area (Å²) in [4.78, 5) is 27.5. The lowest BCUT2D eigenvalue weighted by Crippen LogP contribution is -2.59. The van der Waals surface area contributed by atoms with Crippen LogP contribution in [0, 0.1) is 23.7 Å². The van der Waals surface area contributed by atoms with Crippen LogP contribution in [0.3, 0.4) is 0 Å². The Morgan fingerprint density at radius 1 is 1.27 bits per heavy atom. The minimum absolute atomic E-state index is 0.0188. The summed E-state index contributed by atoms with van der Waals surface area (Å²) in [7, 11) is 1.59. The molecular weight excluding hydrogens is 382 g/mol. The number of amides is 3. The van der Waals surface area contributed by atoms with E-state index in [1.165, 1.54) is 0 Å². The maximum atomic E-state index is 13.0. The summed E-state index contributed by atoms with van der Waals surface area (Å²) in [6, 6.07) is 6.68. The first kappa shape index (κ1) is 22.4. The standard InChI is InChI=1S/C23H35N3O4/c1-14-11-15(2)21-17(12-14)13-20(22(28)25-21)16(3)26(9-10-27)23(29)24-18-5-7-19(30-4)8-6-18/h5-8,14-17,20-21,27H,9-13H2,1-4H3,(H,24,29)(H,25,28). The number of ether oxygens (including phenoxy) is 1. The predicted molar refractivity (Wildman–Crippen MR) is 116 cm³/mol. The number of aliphatic hydroxyl groups excluding tert-OH is 1. The average molecular weight is 418 g/mol. The molecule has 6 unspecified atom stereocenters. The predicted octanol–water partition coefficient (Wildman–Crippen LogP) is 3.10. The van der Waals surface area contributed by atoms with Gasteiger partial charge in [-0.3, -0.25) is 4.79 Å². The molecule has 7 heteroatoms. The molecule has 1 heterocycles. The van der Waals surface area contributed by atoms with Crippen molar-refractivity contribution in [3.05, 3.63) is 24.3 Å². The van der Waals surface area contributed by atoms with E-state index in [4.69, 9.17) is 4.74 Å². The van der Waals surface area contributed by atoms with Crippen molar-refractivity contribution < 1.29 is 19.4 Å². The van der Waals surface area contributed by atoms with Crippen LogP contribution >= 0.6 is 0 Å².